The summed E-state index contributed by atoms with van der Waals surface area (Å²) in [4.78, 5) is 15.5. The average Bonchev–Trinajstić information content (AvgIpc) is 3.17. The lowest BCUT2D eigenvalue weighted by Gasteiger charge is -2.37. The highest BCUT2D eigenvalue weighted by Gasteiger charge is 2.53. The van der Waals surface area contributed by atoms with E-state index in [1.165, 1.54) is 5.56 Å². The average molecular weight is 456 g/mol. The first-order valence-electron chi connectivity index (χ1n) is 12.7. The zero-order valence-corrected chi connectivity index (χ0v) is 20.4. The summed E-state index contributed by atoms with van der Waals surface area (Å²) in [5.41, 5.74) is 4.66. The molecule has 3 aromatic carbocycles. The Kier molecular flexibility index (Phi) is 6.07. The Balaban J connectivity index is 1.68. The summed E-state index contributed by atoms with van der Waals surface area (Å²) < 4.78 is 12.8. The fraction of sp³-hybridized carbons (Fsp3) is 0.367. The number of carbonyl (C=O) groups excluding carboxylic acids is 1. The van der Waals surface area contributed by atoms with Gasteiger partial charge in [0.1, 0.15) is 11.5 Å². The van der Waals surface area contributed by atoms with Gasteiger partial charge in [0.15, 0.2) is 5.60 Å². The molecule has 2 heterocycles. The van der Waals surface area contributed by atoms with E-state index in [0.29, 0.717) is 5.56 Å². The van der Waals surface area contributed by atoms with E-state index in [0.717, 1.165) is 79.1 Å². The molecule has 3 aromatic rings. The van der Waals surface area contributed by atoms with Crippen molar-refractivity contribution in [1.29, 1.82) is 0 Å². The third-order valence-corrected chi connectivity index (χ3v) is 7.10. The maximum atomic E-state index is 13.1. The first-order chi connectivity index (χ1) is 16.6. The van der Waals surface area contributed by atoms with Gasteiger partial charge < -0.3 is 14.4 Å². The highest BCUT2D eigenvalue weighted by Crippen LogP contribution is 2.56. The van der Waals surface area contributed by atoms with Crippen molar-refractivity contribution in [2.24, 2.45) is 0 Å². The molecule has 4 heteroatoms. The van der Waals surface area contributed by atoms with Crippen LogP contribution >= 0.6 is 0 Å². The Morgan fingerprint density at radius 3 is 2.29 bits per heavy atom. The van der Waals surface area contributed by atoms with E-state index >= 15 is 0 Å². The second-order valence-corrected chi connectivity index (χ2v) is 9.28. The lowest BCUT2D eigenvalue weighted by molar-refractivity contribution is 0.0224. The summed E-state index contributed by atoms with van der Waals surface area (Å²) in [6.07, 6.45) is 5.52. The number of anilines is 1. The molecule has 0 saturated carbocycles. The number of unbranched alkanes of at least 4 members (excludes halogenated alkanes) is 2. The van der Waals surface area contributed by atoms with Crippen molar-refractivity contribution in [1.82, 2.24) is 0 Å². The van der Waals surface area contributed by atoms with Crippen molar-refractivity contribution in [3.8, 4) is 11.5 Å². The van der Waals surface area contributed by atoms with Gasteiger partial charge >= 0.3 is 5.97 Å². The van der Waals surface area contributed by atoms with Gasteiger partial charge in [-0.3, -0.25) is 0 Å². The van der Waals surface area contributed by atoms with Crippen molar-refractivity contribution in [2.75, 3.05) is 18.0 Å². The molecule has 1 spiro atoms. The van der Waals surface area contributed by atoms with Gasteiger partial charge in [0, 0.05) is 41.5 Å². The molecule has 0 aromatic heterocycles. The molecule has 0 amide bonds. The number of ether oxygens (including phenoxy) is 2. The summed E-state index contributed by atoms with van der Waals surface area (Å²) in [5.74, 6) is 1.23. The number of hydrogen-bond donors (Lipinski definition) is 0. The van der Waals surface area contributed by atoms with Crippen LogP contribution in [-0.4, -0.2) is 19.1 Å². The number of nitrogens with zero attached hydrogens (tertiary/aromatic N) is 1. The number of hydrogen-bond acceptors (Lipinski definition) is 4. The minimum absolute atomic E-state index is 0.284. The van der Waals surface area contributed by atoms with Crippen molar-refractivity contribution in [3.63, 3.8) is 0 Å². The summed E-state index contributed by atoms with van der Waals surface area (Å²) in [6, 6.07) is 20.4. The smallest absolute Gasteiger partial charge is 0.340 e. The van der Waals surface area contributed by atoms with E-state index in [4.69, 9.17) is 9.47 Å². The molecule has 0 aliphatic carbocycles. The molecule has 1 atom stereocenters. The number of rotatable bonds is 8. The third kappa shape index (κ3) is 3.56. The van der Waals surface area contributed by atoms with E-state index in [1.54, 1.807) is 0 Å². The number of benzene rings is 3. The second kappa shape index (κ2) is 9.17. The Morgan fingerprint density at radius 1 is 0.794 bits per heavy atom. The summed E-state index contributed by atoms with van der Waals surface area (Å²) >= 11 is 0. The molecule has 0 N–H and O–H groups in total. The Labute approximate surface area is 202 Å². The topological polar surface area (TPSA) is 38.8 Å². The van der Waals surface area contributed by atoms with Crippen LogP contribution in [0.15, 0.2) is 60.7 Å². The molecule has 1 unspecified atom stereocenters. The van der Waals surface area contributed by atoms with Crippen LogP contribution in [0.1, 0.15) is 79.1 Å². The van der Waals surface area contributed by atoms with Gasteiger partial charge in [-0.1, -0.05) is 57.9 Å². The van der Waals surface area contributed by atoms with Crippen LogP contribution in [0.3, 0.4) is 0 Å². The number of esters is 1. The van der Waals surface area contributed by atoms with Crippen LogP contribution in [0.5, 0.6) is 11.5 Å². The van der Waals surface area contributed by atoms with Gasteiger partial charge in [-0.2, -0.15) is 0 Å². The van der Waals surface area contributed by atoms with E-state index in [9.17, 15) is 4.79 Å². The molecule has 176 valence electrons. The Bertz CT molecular complexity index is 1210. The predicted octanol–water partition coefficient (Wildman–Crippen LogP) is 7.22. The van der Waals surface area contributed by atoms with Crippen molar-refractivity contribution in [2.45, 2.75) is 58.5 Å². The maximum Gasteiger partial charge on any atom is 0.340 e. The SMILES string of the molecule is CCCCN(CCCC)c1ccc2c(c1)Oc1ccc(CC)cc1C21OC(=O)c2ccccc21. The quantitative estimate of drug-likeness (QED) is 0.336. The molecule has 34 heavy (non-hydrogen) atoms. The zero-order chi connectivity index (χ0) is 23.7. The van der Waals surface area contributed by atoms with Crippen molar-refractivity contribution < 1.29 is 14.3 Å². The first kappa shape index (κ1) is 22.5. The first-order valence-corrected chi connectivity index (χ1v) is 12.7. The molecule has 2 aliphatic rings. The molecular weight excluding hydrogens is 422 g/mol. The van der Waals surface area contributed by atoms with Crippen LogP contribution in [0, 0.1) is 0 Å². The number of aryl methyl sites for hydroxylation is 1. The normalized spacial score (nSPS) is 17.6. The van der Waals surface area contributed by atoms with E-state index in [2.05, 4.69) is 56.0 Å². The van der Waals surface area contributed by atoms with Crippen molar-refractivity contribution in [3.05, 3.63) is 88.5 Å². The third-order valence-electron chi connectivity index (χ3n) is 7.10. The van der Waals surface area contributed by atoms with E-state index in [-0.39, 0.29) is 5.97 Å². The minimum Gasteiger partial charge on any atom is -0.456 e. The Morgan fingerprint density at radius 2 is 1.56 bits per heavy atom. The van der Waals surface area contributed by atoms with Crippen LogP contribution in [0.2, 0.25) is 0 Å². The summed E-state index contributed by atoms with van der Waals surface area (Å²) in [5, 5.41) is 0. The van der Waals surface area contributed by atoms with Crippen LogP contribution in [-0.2, 0) is 16.8 Å². The van der Waals surface area contributed by atoms with Gasteiger partial charge in [0.25, 0.3) is 0 Å². The minimum atomic E-state index is -0.988. The highest BCUT2D eigenvalue weighted by atomic mass is 16.6. The monoisotopic (exact) mass is 455 g/mol. The van der Waals surface area contributed by atoms with E-state index < -0.39 is 5.60 Å². The van der Waals surface area contributed by atoms with Crippen molar-refractivity contribution >= 4 is 11.7 Å². The van der Waals surface area contributed by atoms with E-state index in [1.807, 2.05) is 30.3 Å². The molecule has 0 fully saturated rings. The fourth-order valence-corrected chi connectivity index (χ4v) is 5.19. The van der Waals surface area contributed by atoms with Crippen LogP contribution < -0.4 is 9.64 Å². The largest absolute Gasteiger partial charge is 0.456 e. The lowest BCUT2D eigenvalue weighted by Crippen LogP contribution is -2.33. The van der Waals surface area contributed by atoms with Crippen LogP contribution in [0.25, 0.3) is 0 Å². The number of fused-ring (bicyclic) bond motifs is 6. The summed E-state index contributed by atoms with van der Waals surface area (Å²) in [7, 11) is 0. The van der Waals surface area contributed by atoms with Gasteiger partial charge in [0.05, 0.1) is 5.56 Å². The summed E-state index contributed by atoms with van der Waals surface area (Å²) in [6.45, 7) is 8.63. The van der Waals surface area contributed by atoms with Gasteiger partial charge in [-0.05, 0) is 55.2 Å². The van der Waals surface area contributed by atoms with Gasteiger partial charge in [-0.25, -0.2) is 4.79 Å². The molecule has 0 saturated heterocycles. The predicted molar refractivity (Wildman–Crippen MR) is 136 cm³/mol. The van der Waals surface area contributed by atoms with Gasteiger partial charge in [-0.15, -0.1) is 0 Å². The molecule has 0 bridgehead atoms. The lowest BCUT2D eigenvalue weighted by atomic mass is 9.77. The molecule has 5 rings (SSSR count). The molecule has 4 nitrogen and oxygen atoms in total. The second-order valence-electron chi connectivity index (χ2n) is 9.28. The van der Waals surface area contributed by atoms with Crippen LogP contribution in [0.4, 0.5) is 5.69 Å². The standard InChI is InChI=1S/C30H33NO3/c1-4-7-17-31(18-8-5-2)22-14-15-25-28(20-22)33-27-16-13-21(6-3)19-26(27)30(25)24-12-10-9-11-23(24)29(32)34-30/h9-16,19-20H,4-8,17-18H2,1-3H3. The molecule has 0 radical (unpaired) electrons. The number of carbonyl (C=O) groups is 1. The Hall–Kier alpha value is -3.27. The molecule has 2 aliphatic heterocycles. The molecular formula is C30H33NO3. The zero-order valence-electron chi connectivity index (χ0n) is 20.4. The maximum absolute atomic E-state index is 13.1. The fourth-order valence-electron chi connectivity index (χ4n) is 5.19. The van der Waals surface area contributed by atoms with Gasteiger partial charge in [0.2, 0.25) is 0 Å². The highest BCUT2D eigenvalue weighted by molar-refractivity contribution is 5.97.